The second-order valence-electron chi connectivity index (χ2n) is 11.4. The summed E-state index contributed by atoms with van der Waals surface area (Å²) >= 11 is 0. The molecule has 3 fully saturated rings. The quantitative estimate of drug-likeness (QED) is 0.409. The van der Waals surface area contributed by atoms with Crippen molar-refractivity contribution in [1.82, 2.24) is 0 Å². The van der Waals surface area contributed by atoms with Gasteiger partial charge >= 0.3 is 0 Å². The minimum absolute atomic E-state index is 0.0569. The molecule has 4 rings (SSSR count). The molecule has 0 aromatic heterocycles. The first-order chi connectivity index (χ1) is 15.6. The first kappa shape index (κ1) is 24.2. The number of hydrogen-bond donors (Lipinski definition) is 0. The molecule has 0 spiro atoms. The Morgan fingerprint density at radius 1 is 0.750 bits per heavy atom. The van der Waals surface area contributed by atoms with Crippen LogP contribution in [-0.2, 0) is 4.74 Å². The summed E-state index contributed by atoms with van der Waals surface area (Å²) in [4.78, 5) is 0. The van der Waals surface area contributed by atoms with Gasteiger partial charge in [-0.05, 0) is 105 Å². The third-order valence-corrected chi connectivity index (χ3v) is 9.35. The van der Waals surface area contributed by atoms with Gasteiger partial charge in [0.05, 0.1) is 12.7 Å². The van der Waals surface area contributed by atoms with Crippen LogP contribution in [0.2, 0.25) is 0 Å². The maximum absolute atomic E-state index is 15.5. The van der Waals surface area contributed by atoms with Crippen LogP contribution in [0, 0.1) is 30.5 Å². The molecule has 0 N–H and O–H groups in total. The predicted octanol–water partition coefficient (Wildman–Crippen LogP) is 9.08. The van der Waals surface area contributed by atoms with E-state index in [1.54, 1.807) is 0 Å². The summed E-state index contributed by atoms with van der Waals surface area (Å²) in [6.45, 7) is 7.25. The average molecular weight is 443 g/mol. The molecule has 180 valence electrons. The van der Waals surface area contributed by atoms with E-state index in [9.17, 15) is 0 Å². The molecule has 3 aliphatic rings. The fourth-order valence-electron chi connectivity index (χ4n) is 7.34. The monoisotopic (exact) mass is 442 g/mol. The SMILES string of the molecule is CCCC1CCC(C2CCC(c3ccc(C4CCC(CCC)OC4)c(F)c3C)CC2)CC1. The van der Waals surface area contributed by atoms with Gasteiger partial charge in [-0.25, -0.2) is 4.39 Å². The Morgan fingerprint density at radius 2 is 1.34 bits per heavy atom. The third-order valence-electron chi connectivity index (χ3n) is 9.35. The number of rotatable bonds is 7. The van der Waals surface area contributed by atoms with Crippen molar-refractivity contribution in [3.05, 3.63) is 34.6 Å². The standard InChI is InChI=1S/C30H47FO/c1-4-6-22-8-10-23(11-9-22)24-12-14-25(15-13-24)28-18-19-29(30(31)21(28)3)26-16-17-27(7-5-2)32-20-26/h18-19,22-27H,4-17,20H2,1-3H3. The molecule has 1 aromatic rings. The topological polar surface area (TPSA) is 9.23 Å². The van der Waals surface area contributed by atoms with Gasteiger partial charge in [0.1, 0.15) is 5.82 Å². The van der Waals surface area contributed by atoms with E-state index in [1.807, 2.05) is 6.92 Å². The molecule has 1 nitrogen and oxygen atoms in total. The highest BCUT2D eigenvalue weighted by Gasteiger charge is 2.32. The molecular formula is C30H47FO. The van der Waals surface area contributed by atoms with E-state index in [-0.39, 0.29) is 11.7 Å². The lowest BCUT2D eigenvalue weighted by Crippen LogP contribution is -2.26. The van der Waals surface area contributed by atoms with Gasteiger partial charge in [0.15, 0.2) is 0 Å². The second-order valence-corrected chi connectivity index (χ2v) is 11.4. The van der Waals surface area contributed by atoms with E-state index in [4.69, 9.17) is 4.74 Å². The Morgan fingerprint density at radius 3 is 1.94 bits per heavy atom. The third kappa shape index (κ3) is 5.60. The predicted molar refractivity (Wildman–Crippen MR) is 133 cm³/mol. The van der Waals surface area contributed by atoms with Crippen molar-refractivity contribution in [1.29, 1.82) is 0 Å². The van der Waals surface area contributed by atoms with E-state index in [2.05, 4.69) is 26.0 Å². The number of benzene rings is 1. The lowest BCUT2D eigenvalue weighted by Gasteiger charge is -2.38. The van der Waals surface area contributed by atoms with Gasteiger partial charge in [-0.1, -0.05) is 58.1 Å². The molecule has 2 atom stereocenters. The minimum Gasteiger partial charge on any atom is -0.378 e. The van der Waals surface area contributed by atoms with Crippen molar-refractivity contribution in [3.63, 3.8) is 0 Å². The van der Waals surface area contributed by atoms with Gasteiger partial charge in [0.25, 0.3) is 0 Å². The van der Waals surface area contributed by atoms with E-state index in [1.165, 1.54) is 76.2 Å². The highest BCUT2D eigenvalue weighted by molar-refractivity contribution is 5.37. The van der Waals surface area contributed by atoms with Crippen molar-refractivity contribution in [2.24, 2.45) is 17.8 Å². The summed E-state index contributed by atoms with van der Waals surface area (Å²) in [5.74, 6) is 3.74. The zero-order chi connectivity index (χ0) is 22.5. The summed E-state index contributed by atoms with van der Waals surface area (Å²) in [5, 5.41) is 0. The Bertz CT molecular complexity index is 704. The van der Waals surface area contributed by atoms with Crippen LogP contribution < -0.4 is 0 Å². The lowest BCUT2D eigenvalue weighted by atomic mass is 9.67. The number of ether oxygens (including phenoxy) is 1. The summed E-state index contributed by atoms with van der Waals surface area (Å²) < 4.78 is 21.5. The smallest absolute Gasteiger partial charge is 0.129 e. The van der Waals surface area contributed by atoms with Gasteiger partial charge in [-0.15, -0.1) is 0 Å². The van der Waals surface area contributed by atoms with Crippen LogP contribution in [0.1, 0.15) is 132 Å². The van der Waals surface area contributed by atoms with Crippen LogP contribution in [-0.4, -0.2) is 12.7 Å². The summed E-state index contributed by atoms with van der Waals surface area (Å²) in [5.41, 5.74) is 3.11. The molecule has 2 heteroatoms. The summed E-state index contributed by atoms with van der Waals surface area (Å²) in [7, 11) is 0. The molecule has 2 saturated carbocycles. The van der Waals surface area contributed by atoms with Crippen molar-refractivity contribution in [2.45, 2.75) is 129 Å². The molecular weight excluding hydrogens is 395 g/mol. The second kappa shape index (κ2) is 11.5. The zero-order valence-electron chi connectivity index (χ0n) is 21.0. The van der Waals surface area contributed by atoms with Crippen LogP contribution in [0.5, 0.6) is 0 Å². The van der Waals surface area contributed by atoms with Gasteiger partial charge in [-0.2, -0.15) is 0 Å². The van der Waals surface area contributed by atoms with E-state index in [0.717, 1.165) is 48.1 Å². The maximum Gasteiger partial charge on any atom is 0.129 e. The van der Waals surface area contributed by atoms with Crippen LogP contribution >= 0.6 is 0 Å². The molecule has 2 aliphatic carbocycles. The minimum atomic E-state index is 0.0569. The molecule has 1 aliphatic heterocycles. The van der Waals surface area contributed by atoms with Crippen molar-refractivity contribution in [3.8, 4) is 0 Å². The Hall–Kier alpha value is -0.890. The highest BCUT2D eigenvalue weighted by Crippen LogP contribution is 2.45. The molecule has 1 heterocycles. The van der Waals surface area contributed by atoms with Crippen LogP contribution in [0.25, 0.3) is 0 Å². The average Bonchev–Trinajstić information content (AvgIpc) is 2.83. The van der Waals surface area contributed by atoms with Crippen molar-refractivity contribution in [2.75, 3.05) is 6.61 Å². The van der Waals surface area contributed by atoms with Crippen molar-refractivity contribution < 1.29 is 9.13 Å². The largest absolute Gasteiger partial charge is 0.378 e. The fourth-order valence-corrected chi connectivity index (χ4v) is 7.34. The van der Waals surface area contributed by atoms with Gasteiger partial charge in [0.2, 0.25) is 0 Å². The number of hydrogen-bond acceptors (Lipinski definition) is 1. The van der Waals surface area contributed by atoms with Gasteiger partial charge in [0, 0.05) is 5.92 Å². The molecule has 0 amide bonds. The Balaban J connectivity index is 1.32. The molecule has 0 bridgehead atoms. The van der Waals surface area contributed by atoms with Crippen LogP contribution in [0.15, 0.2) is 12.1 Å². The maximum atomic E-state index is 15.5. The van der Waals surface area contributed by atoms with Crippen LogP contribution in [0.3, 0.4) is 0 Å². The highest BCUT2D eigenvalue weighted by atomic mass is 19.1. The Kier molecular flexibility index (Phi) is 8.71. The van der Waals surface area contributed by atoms with E-state index < -0.39 is 0 Å². The van der Waals surface area contributed by atoms with Crippen molar-refractivity contribution >= 4 is 0 Å². The fraction of sp³-hybridized carbons (Fsp3) is 0.800. The lowest BCUT2D eigenvalue weighted by molar-refractivity contribution is -0.00174. The molecule has 1 saturated heterocycles. The van der Waals surface area contributed by atoms with E-state index in [0.29, 0.717) is 18.6 Å². The summed E-state index contributed by atoms with van der Waals surface area (Å²) in [6.07, 6.45) is 18.7. The first-order valence-electron chi connectivity index (χ1n) is 14.0. The molecule has 1 aromatic carbocycles. The Labute approximate surface area is 196 Å². The van der Waals surface area contributed by atoms with E-state index >= 15 is 4.39 Å². The first-order valence-corrected chi connectivity index (χ1v) is 14.0. The van der Waals surface area contributed by atoms with Gasteiger partial charge < -0.3 is 4.74 Å². The zero-order valence-corrected chi connectivity index (χ0v) is 21.0. The molecule has 2 unspecified atom stereocenters. The van der Waals surface area contributed by atoms with Gasteiger partial charge in [-0.3, -0.25) is 0 Å². The molecule has 32 heavy (non-hydrogen) atoms. The number of halogens is 1. The molecule has 0 radical (unpaired) electrons. The normalized spacial score (nSPS) is 33.9. The summed E-state index contributed by atoms with van der Waals surface area (Å²) in [6, 6.07) is 4.37. The van der Waals surface area contributed by atoms with Crippen LogP contribution in [0.4, 0.5) is 4.39 Å².